The van der Waals surface area contributed by atoms with Gasteiger partial charge in [-0.3, -0.25) is 0 Å². The summed E-state index contributed by atoms with van der Waals surface area (Å²) in [4.78, 5) is 0. The summed E-state index contributed by atoms with van der Waals surface area (Å²) in [7, 11) is 0. The van der Waals surface area contributed by atoms with Gasteiger partial charge >= 0.3 is 0 Å². The Morgan fingerprint density at radius 1 is 1.21 bits per heavy atom. The van der Waals surface area contributed by atoms with Gasteiger partial charge in [-0.15, -0.1) is 0 Å². The summed E-state index contributed by atoms with van der Waals surface area (Å²) in [6.07, 6.45) is 4.72. The standard InChI is InChI=1S/C16H30O3/c1-12-11-13(15(2,3)4)5-7-16(12,17)8-6-14-18-9-10-19-14/h12-14,17H,5-11H2,1-4H3. The van der Waals surface area contributed by atoms with Gasteiger partial charge in [0.15, 0.2) is 6.29 Å². The van der Waals surface area contributed by atoms with Crippen molar-refractivity contribution < 1.29 is 14.6 Å². The molecule has 1 heterocycles. The van der Waals surface area contributed by atoms with E-state index in [0.717, 1.165) is 38.0 Å². The summed E-state index contributed by atoms with van der Waals surface area (Å²) >= 11 is 0. The fourth-order valence-electron chi connectivity index (χ4n) is 3.53. The van der Waals surface area contributed by atoms with E-state index in [4.69, 9.17) is 9.47 Å². The molecule has 1 aliphatic carbocycles. The average Bonchev–Trinajstić information content (AvgIpc) is 2.82. The summed E-state index contributed by atoms with van der Waals surface area (Å²) in [5, 5.41) is 10.9. The lowest BCUT2D eigenvalue weighted by Gasteiger charge is -2.46. The lowest BCUT2D eigenvalue weighted by molar-refractivity contribution is -0.103. The largest absolute Gasteiger partial charge is 0.390 e. The van der Waals surface area contributed by atoms with E-state index in [-0.39, 0.29) is 6.29 Å². The SMILES string of the molecule is CC1CC(C(C)(C)C)CCC1(O)CCC1OCCO1. The maximum atomic E-state index is 10.9. The van der Waals surface area contributed by atoms with Gasteiger partial charge in [-0.05, 0) is 42.9 Å². The molecule has 0 radical (unpaired) electrons. The van der Waals surface area contributed by atoms with E-state index >= 15 is 0 Å². The Hall–Kier alpha value is -0.120. The van der Waals surface area contributed by atoms with Crippen LogP contribution < -0.4 is 0 Å². The Morgan fingerprint density at radius 3 is 2.37 bits per heavy atom. The smallest absolute Gasteiger partial charge is 0.157 e. The van der Waals surface area contributed by atoms with E-state index in [1.165, 1.54) is 0 Å². The molecule has 1 N–H and O–H groups in total. The zero-order valence-corrected chi connectivity index (χ0v) is 12.9. The van der Waals surface area contributed by atoms with Crippen LogP contribution in [0.2, 0.25) is 0 Å². The molecule has 0 spiro atoms. The Bertz CT molecular complexity index is 291. The average molecular weight is 270 g/mol. The summed E-state index contributed by atoms with van der Waals surface area (Å²) < 4.78 is 10.9. The molecule has 1 aliphatic heterocycles. The van der Waals surface area contributed by atoms with Crippen molar-refractivity contribution in [2.45, 2.75) is 71.7 Å². The Labute approximate surface area is 117 Å². The van der Waals surface area contributed by atoms with Crippen LogP contribution in [0.5, 0.6) is 0 Å². The Morgan fingerprint density at radius 2 is 1.84 bits per heavy atom. The lowest BCUT2D eigenvalue weighted by Crippen LogP contribution is -2.44. The van der Waals surface area contributed by atoms with Crippen LogP contribution in [0.4, 0.5) is 0 Å². The van der Waals surface area contributed by atoms with E-state index in [2.05, 4.69) is 27.7 Å². The van der Waals surface area contributed by atoms with Gasteiger partial charge in [-0.1, -0.05) is 27.7 Å². The molecule has 1 saturated heterocycles. The highest BCUT2D eigenvalue weighted by atomic mass is 16.7. The van der Waals surface area contributed by atoms with E-state index in [1.807, 2.05) is 0 Å². The summed E-state index contributed by atoms with van der Waals surface area (Å²) in [5.74, 6) is 1.09. The number of ether oxygens (including phenoxy) is 2. The number of hydrogen-bond donors (Lipinski definition) is 1. The minimum atomic E-state index is -0.517. The van der Waals surface area contributed by atoms with Crippen molar-refractivity contribution in [1.29, 1.82) is 0 Å². The van der Waals surface area contributed by atoms with Gasteiger partial charge in [0.05, 0.1) is 18.8 Å². The zero-order valence-electron chi connectivity index (χ0n) is 12.9. The Balaban J connectivity index is 1.86. The van der Waals surface area contributed by atoms with Crippen molar-refractivity contribution in [3.63, 3.8) is 0 Å². The van der Waals surface area contributed by atoms with Crippen LogP contribution in [-0.4, -0.2) is 30.2 Å². The van der Waals surface area contributed by atoms with Gasteiger partial charge in [-0.2, -0.15) is 0 Å². The molecule has 112 valence electrons. The second-order valence-electron chi connectivity index (χ2n) is 7.55. The van der Waals surface area contributed by atoms with Crippen molar-refractivity contribution in [3.8, 4) is 0 Å². The maximum absolute atomic E-state index is 10.9. The van der Waals surface area contributed by atoms with Crippen molar-refractivity contribution >= 4 is 0 Å². The van der Waals surface area contributed by atoms with Crippen LogP contribution in [0.1, 0.15) is 59.8 Å². The van der Waals surface area contributed by atoms with Crippen LogP contribution in [0, 0.1) is 17.3 Å². The minimum Gasteiger partial charge on any atom is -0.390 e. The third-order valence-corrected chi connectivity index (χ3v) is 5.21. The first-order valence-electron chi connectivity index (χ1n) is 7.77. The molecule has 19 heavy (non-hydrogen) atoms. The highest BCUT2D eigenvalue weighted by molar-refractivity contribution is 4.93. The molecule has 0 amide bonds. The molecule has 0 bridgehead atoms. The van der Waals surface area contributed by atoms with E-state index in [1.54, 1.807) is 0 Å². The minimum absolute atomic E-state index is 0.0865. The molecule has 0 aromatic rings. The van der Waals surface area contributed by atoms with Gasteiger partial charge in [0, 0.05) is 6.42 Å². The molecule has 3 heteroatoms. The molecular weight excluding hydrogens is 240 g/mol. The van der Waals surface area contributed by atoms with E-state index < -0.39 is 5.60 Å². The van der Waals surface area contributed by atoms with Crippen molar-refractivity contribution in [1.82, 2.24) is 0 Å². The van der Waals surface area contributed by atoms with Gasteiger partial charge in [0.25, 0.3) is 0 Å². The molecule has 2 fully saturated rings. The highest BCUT2D eigenvalue weighted by Crippen LogP contribution is 2.46. The van der Waals surface area contributed by atoms with Crippen LogP contribution in [-0.2, 0) is 9.47 Å². The molecule has 2 aliphatic rings. The Kier molecular flexibility index (Phi) is 4.59. The van der Waals surface area contributed by atoms with Crippen LogP contribution in [0.3, 0.4) is 0 Å². The predicted octanol–water partition coefficient (Wildman–Crippen LogP) is 3.35. The number of aliphatic hydroxyl groups is 1. The summed E-state index contributed by atoms with van der Waals surface area (Å²) in [6, 6.07) is 0. The molecule has 3 unspecified atom stereocenters. The van der Waals surface area contributed by atoms with Crippen molar-refractivity contribution in [2.75, 3.05) is 13.2 Å². The van der Waals surface area contributed by atoms with E-state index in [9.17, 15) is 5.11 Å². The normalized spacial score (nSPS) is 37.7. The van der Waals surface area contributed by atoms with Gasteiger partial charge in [0.1, 0.15) is 0 Å². The molecule has 2 rings (SSSR count). The quantitative estimate of drug-likeness (QED) is 0.854. The maximum Gasteiger partial charge on any atom is 0.157 e. The first-order chi connectivity index (χ1) is 8.81. The second kappa shape index (κ2) is 5.71. The van der Waals surface area contributed by atoms with Crippen molar-refractivity contribution in [2.24, 2.45) is 17.3 Å². The topological polar surface area (TPSA) is 38.7 Å². The summed E-state index contributed by atoms with van der Waals surface area (Å²) in [6.45, 7) is 10.5. The van der Waals surface area contributed by atoms with Gasteiger partial charge in [-0.25, -0.2) is 0 Å². The van der Waals surface area contributed by atoms with Gasteiger partial charge in [0.2, 0.25) is 0 Å². The fraction of sp³-hybridized carbons (Fsp3) is 1.00. The number of hydrogen-bond acceptors (Lipinski definition) is 3. The van der Waals surface area contributed by atoms with Crippen molar-refractivity contribution in [3.05, 3.63) is 0 Å². The molecule has 1 saturated carbocycles. The zero-order chi connectivity index (χ0) is 14.1. The third kappa shape index (κ3) is 3.71. The monoisotopic (exact) mass is 270 g/mol. The summed E-state index contributed by atoms with van der Waals surface area (Å²) in [5.41, 5.74) is -0.162. The molecule has 0 aromatic carbocycles. The van der Waals surface area contributed by atoms with Gasteiger partial charge < -0.3 is 14.6 Å². The van der Waals surface area contributed by atoms with Crippen LogP contribution >= 0.6 is 0 Å². The van der Waals surface area contributed by atoms with Crippen LogP contribution in [0.15, 0.2) is 0 Å². The predicted molar refractivity (Wildman–Crippen MR) is 75.8 cm³/mol. The molecule has 3 atom stereocenters. The number of rotatable bonds is 3. The first-order valence-corrected chi connectivity index (χ1v) is 7.77. The van der Waals surface area contributed by atoms with E-state index in [0.29, 0.717) is 24.5 Å². The first kappa shape index (κ1) is 15.3. The molecule has 3 nitrogen and oxygen atoms in total. The highest BCUT2D eigenvalue weighted by Gasteiger charge is 2.42. The molecule has 0 aromatic heterocycles. The van der Waals surface area contributed by atoms with Crippen LogP contribution in [0.25, 0.3) is 0 Å². The lowest BCUT2D eigenvalue weighted by atomic mass is 9.63. The third-order valence-electron chi connectivity index (χ3n) is 5.21. The second-order valence-corrected chi connectivity index (χ2v) is 7.55. The molecular formula is C16H30O3. The fourth-order valence-corrected chi connectivity index (χ4v) is 3.53.